The van der Waals surface area contributed by atoms with Crippen molar-refractivity contribution in [3.8, 4) is 0 Å². The number of aliphatic hydroxyl groups excluding tert-OH is 1. The molecule has 0 saturated heterocycles. The summed E-state index contributed by atoms with van der Waals surface area (Å²) >= 11 is 5.99. The number of anilines is 1. The highest BCUT2D eigenvalue weighted by Crippen LogP contribution is 2.41. The number of rotatable bonds is 9. The fraction of sp³-hybridized carbons (Fsp3) is 0.500. The third-order valence-corrected chi connectivity index (χ3v) is 5.59. The molecule has 0 bridgehead atoms. The molecule has 8 heteroatoms. The highest BCUT2D eigenvalue weighted by atomic mass is 35.5. The van der Waals surface area contributed by atoms with Crippen LogP contribution in [-0.4, -0.2) is 46.7 Å². The van der Waals surface area contributed by atoms with Gasteiger partial charge in [0.15, 0.2) is 0 Å². The Morgan fingerprint density at radius 1 is 1.23 bits per heavy atom. The van der Waals surface area contributed by atoms with Crippen molar-refractivity contribution in [2.45, 2.75) is 51.2 Å². The van der Waals surface area contributed by atoms with E-state index < -0.39 is 6.10 Å². The lowest BCUT2D eigenvalue weighted by atomic mass is 9.97. The predicted octanol–water partition coefficient (Wildman–Crippen LogP) is 2.98. The second kappa shape index (κ2) is 10.2. The number of amides is 1. The Kier molecular flexibility index (Phi) is 7.64. The molecule has 1 aliphatic carbocycles. The van der Waals surface area contributed by atoms with Crippen molar-refractivity contribution in [1.82, 2.24) is 20.6 Å². The number of carbonyl (C=O) groups excluding carboxylic acids is 1. The molecule has 0 fully saturated rings. The van der Waals surface area contributed by atoms with Crippen LogP contribution in [0.2, 0.25) is 5.02 Å². The normalized spacial score (nSPS) is 18.9. The first kappa shape index (κ1) is 22.5. The topological polar surface area (TPSA) is 99.2 Å². The lowest BCUT2D eigenvalue weighted by Gasteiger charge is -2.20. The summed E-state index contributed by atoms with van der Waals surface area (Å²) in [7, 11) is 0. The Balaban J connectivity index is 1.58. The van der Waals surface area contributed by atoms with Gasteiger partial charge in [0.1, 0.15) is 12.1 Å². The Bertz CT molecular complexity index is 859. The van der Waals surface area contributed by atoms with Crippen LogP contribution >= 0.6 is 11.6 Å². The monoisotopic (exact) mass is 431 g/mol. The van der Waals surface area contributed by atoms with Crippen LogP contribution < -0.4 is 16.0 Å². The minimum absolute atomic E-state index is 0.0380. The maximum absolute atomic E-state index is 12.9. The van der Waals surface area contributed by atoms with Crippen molar-refractivity contribution in [3.05, 3.63) is 52.4 Å². The molecular formula is C22H30ClN5O2. The molecule has 30 heavy (non-hydrogen) atoms. The molecule has 0 saturated carbocycles. The molecule has 162 valence electrons. The van der Waals surface area contributed by atoms with Gasteiger partial charge in [0.2, 0.25) is 5.91 Å². The Morgan fingerprint density at radius 2 is 1.97 bits per heavy atom. The van der Waals surface area contributed by atoms with Crippen LogP contribution in [0.3, 0.4) is 0 Å². The second-order valence-electron chi connectivity index (χ2n) is 8.06. The number of nitrogens with one attached hydrogen (secondary N) is 3. The predicted molar refractivity (Wildman–Crippen MR) is 119 cm³/mol. The van der Waals surface area contributed by atoms with Crippen LogP contribution in [0, 0.1) is 0 Å². The van der Waals surface area contributed by atoms with Crippen molar-refractivity contribution in [1.29, 1.82) is 0 Å². The Hall–Kier alpha value is -2.22. The SMILES string of the molecule is CC(C)NC[C@H](C(=O)NCCNc1ncnc2c1[C@H](C)C[C@H]2O)c1ccc(Cl)cc1. The molecule has 0 unspecified atom stereocenters. The van der Waals surface area contributed by atoms with Crippen molar-refractivity contribution in [2.24, 2.45) is 0 Å². The minimum Gasteiger partial charge on any atom is -0.387 e. The second-order valence-corrected chi connectivity index (χ2v) is 8.50. The van der Waals surface area contributed by atoms with E-state index in [0.29, 0.717) is 36.8 Å². The summed E-state index contributed by atoms with van der Waals surface area (Å²) in [5.41, 5.74) is 2.59. The minimum atomic E-state index is -0.535. The first-order valence-corrected chi connectivity index (χ1v) is 10.8. The van der Waals surface area contributed by atoms with E-state index in [1.54, 1.807) is 12.1 Å². The number of fused-ring (bicyclic) bond motifs is 1. The van der Waals surface area contributed by atoms with Gasteiger partial charge in [-0.25, -0.2) is 9.97 Å². The van der Waals surface area contributed by atoms with Crippen LogP contribution in [0.4, 0.5) is 5.82 Å². The highest BCUT2D eigenvalue weighted by Gasteiger charge is 2.31. The first-order chi connectivity index (χ1) is 14.4. The zero-order valence-electron chi connectivity index (χ0n) is 17.7. The van der Waals surface area contributed by atoms with Gasteiger partial charge in [0.05, 0.1) is 17.7 Å². The molecule has 2 aromatic rings. The average molecular weight is 432 g/mol. The average Bonchev–Trinajstić information content (AvgIpc) is 3.01. The lowest BCUT2D eigenvalue weighted by Crippen LogP contribution is -2.39. The molecule has 1 amide bonds. The van der Waals surface area contributed by atoms with E-state index in [-0.39, 0.29) is 23.8 Å². The molecule has 1 aliphatic rings. The van der Waals surface area contributed by atoms with Gasteiger partial charge < -0.3 is 21.1 Å². The van der Waals surface area contributed by atoms with Crippen molar-refractivity contribution >= 4 is 23.3 Å². The maximum Gasteiger partial charge on any atom is 0.228 e. The number of aliphatic hydroxyl groups is 1. The van der Waals surface area contributed by atoms with Crippen molar-refractivity contribution < 1.29 is 9.90 Å². The van der Waals surface area contributed by atoms with Gasteiger partial charge in [0, 0.05) is 36.3 Å². The number of aromatic nitrogens is 2. The molecule has 0 aliphatic heterocycles. The molecule has 3 atom stereocenters. The summed E-state index contributed by atoms with van der Waals surface area (Å²) in [6.07, 6.45) is 1.59. The van der Waals surface area contributed by atoms with Gasteiger partial charge in [-0.1, -0.05) is 44.5 Å². The Labute approximate surface area is 182 Å². The van der Waals surface area contributed by atoms with Gasteiger partial charge in [-0.2, -0.15) is 0 Å². The number of benzene rings is 1. The zero-order valence-corrected chi connectivity index (χ0v) is 18.4. The molecule has 0 spiro atoms. The summed E-state index contributed by atoms with van der Waals surface area (Å²) < 4.78 is 0. The van der Waals surface area contributed by atoms with Gasteiger partial charge >= 0.3 is 0 Å². The largest absolute Gasteiger partial charge is 0.387 e. The molecule has 7 nitrogen and oxygen atoms in total. The van der Waals surface area contributed by atoms with E-state index >= 15 is 0 Å². The number of carbonyl (C=O) groups is 1. The summed E-state index contributed by atoms with van der Waals surface area (Å²) in [4.78, 5) is 21.4. The lowest BCUT2D eigenvalue weighted by molar-refractivity contribution is -0.122. The van der Waals surface area contributed by atoms with E-state index in [1.165, 1.54) is 6.33 Å². The van der Waals surface area contributed by atoms with Gasteiger partial charge in [-0.05, 0) is 30.0 Å². The summed E-state index contributed by atoms with van der Waals surface area (Å²) in [6.45, 7) is 7.71. The molecule has 1 aromatic carbocycles. The van der Waals surface area contributed by atoms with Crippen molar-refractivity contribution in [2.75, 3.05) is 25.0 Å². The number of nitrogens with zero attached hydrogens (tertiary/aromatic N) is 2. The fourth-order valence-electron chi connectivity index (χ4n) is 3.77. The van der Waals surface area contributed by atoms with E-state index in [9.17, 15) is 9.90 Å². The van der Waals surface area contributed by atoms with E-state index in [2.05, 4.69) is 46.7 Å². The molecule has 0 radical (unpaired) electrons. The smallest absolute Gasteiger partial charge is 0.228 e. The number of hydrogen-bond donors (Lipinski definition) is 4. The molecule has 1 heterocycles. The third kappa shape index (κ3) is 5.47. The summed E-state index contributed by atoms with van der Waals surface area (Å²) in [5, 5.41) is 20.4. The van der Waals surface area contributed by atoms with Crippen molar-refractivity contribution in [3.63, 3.8) is 0 Å². The summed E-state index contributed by atoms with van der Waals surface area (Å²) in [5.74, 6) is 0.589. The van der Waals surface area contributed by atoms with E-state index in [1.807, 2.05) is 12.1 Å². The number of halogens is 1. The summed E-state index contributed by atoms with van der Waals surface area (Å²) in [6, 6.07) is 7.68. The third-order valence-electron chi connectivity index (χ3n) is 5.34. The number of hydrogen-bond acceptors (Lipinski definition) is 6. The molecular weight excluding hydrogens is 402 g/mol. The quantitative estimate of drug-likeness (QED) is 0.455. The van der Waals surface area contributed by atoms with Crippen LogP contribution in [0.15, 0.2) is 30.6 Å². The van der Waals surface area contributed by atoms with Crippen LogP contribution in [0.1, 0.15) is 62.0 Å². The molecule has 1 aromatic heterocycles. The van der Waals surface area contributed by atoms with Gasteiger partial charge in [-0.3, -0.25) is 4.79 Å². The zero-order chi connectivity index (χ0) is 21.7. The van der Waals surface area contributed by atoms with Crippen LogP contribution in [-0.2, 0) is 4.79 Å². The van der Waals surface area contributed by atoms with Gasteiger partial charge in [-0.15, -0.1) is 0 Å². The fourth-order valence-corrected chi connectivity index (χ4v) is 3.89. The maximum atomic E-state index is 12.9. The van der Waals surface area contributed by atoms with E-state index in [0.717, 1.165) is 16.9 Å². The van der Waals surface area contributed by atoms with Gasteiger partial charge in [0.25, 0.3) is 0 Å². The van der Waals surface area contributed by atoms with Crippen LogP contribution in [0.5, 0.6) is 0 Å². The molecule has 4 N–H and O–H groups in total. The Morgan fingerprint density at radius 3 is 2.67 bits per heavy atom. The standard InChI is InChI=1S/C22H30ClN5O2/c1-13(2)26-11-17(15-4-6-16(23)7-5-15)22(30)25-9-8-24-21-19-14(3)10-18(29)20(19)27-12-28-21/h4-7,12-14,17-18,26,29H,8-11H2,1-3H3,(H,25,30)(H,24,27,28)/t14-,17+,18-/m1/s1. The highest BCUT2D eigenvalue weighted by molar-refractivity contribution is 6.30. The van der Waals surface area contributed by atoms with Crippen LogP contribution in [0.25, 0.3) is 0 Å². The van der Waals surface area contributed by atoms with E-state index in [4.69, 9.17) is 11.6 Å². The first-order valence-electron chi connectivity index (χ1n) is 10.4. The molecule has 3 rings (SSSR count).